The molecule has 1 aromatic rings. The van der Waals surface area contributed by atoms with Crippen LogP contribution in [0.5, 0.6) is 0 Å². The second-order valence-electron chi connectivity index (χ2n) is 6.19. The minimum atomic E-state index is 0.0642. The van der Waals surface area contributed by atoms with Crippen LogP contribution in [0.25, 0.3) is 0 Å². The van der Waals surface area contributed by atoms with E-state index >= 15 is 0 Å². The third kappa shape index (κ3) is 3.94. The van der Waals surface area contributed by atoms with Gasteiger partial charge >= 0.3 is 0 Å². The lowest BCUT2D eigenvalue weighted by atomic mass is 9.90. The fourth-order valence-electron chi connectivity index (χ4n) is 2.77. The lowest BCUT2D eigenvalue weighted by molar-refractivity contribution is 0.0681. The molecule has 1 aliphatic rings. The number of anilines is 1. The lowest BCUT2D eigenvalue weighted by Crippen LogP contribution is -2.42. The Morgan fingerprint density at radius 2 is 2.05 bits per heavy atom. The molecule has 1 amide bonds. The first kappa shape index (κ1) is 15.8. The Morgan fingerprint density at radius 3 is 2.62 bits per heavy atom. The van der Waals surface area contributed by atoms with E-state index in [1.165, 1.54) is 0 Å². The van der Waals surface area contributed by atoms with Crippen molar-refractivity contribution in [3.8, 4) is 0 Å². The summed E-state index contributed by atoms with van der Waals surface area (Å²) in [5.74, 6) is 1.26. The number of pyridine rings is 1. The molecule has 0 bridgehead atoms. The van der Waals surface area contributed by atoms with Gasteiger partial charge in [-0.1, -0.05) is 0 Å². The highest BCUT2D eigenvalue weighted by molar-refractivity contribution is 5.98. The molecule has 0 aliphatic carbocycles. The van der Waals surface area contributed by atoms with Gasteiger partial charge in [0, 0.05) is 31.4 Å². The largest absolute Gasteiger partial charge is 0.367 e. The number of amides is 1. The molecule has 1 aromatic heterocycles. The van der Waals surface area contributed by atoms with Crippen molar-refractivity contribution in [3.63, 3.8) is 0 Å². The molecule has 116 valence electrons. The first-order valence-corrected chi connectivity index (χ1v) is 7.75. The maximum atomic E-state index is 12.7. The van der Waals surface area contributed by atoms with Crippen LogP contribution in [0.15, 0.2) is 18.3 Å². The molecule has 2 heterocycles. The van der Waals surface area contributed by atoms with Crippen LogP contribution < -0.4 is 11.1 Å². The molecule has 1 saturated heterocycles. The van der Waals surface area contributed by atoms with Crippen molar-refractivity contribution in [2.24, 2.45) is 11.7 Å². The van der Waals surface area contributed by atoms with Gasteiger partial charge in [-0.2, -0.15) is 0 Å². The first-order chi connectivity index (χ1) is 9.99. The fraction of sp³-hybridized carbons (Fsp3) is 0.625. The monoisotopic (exact) mass is 290 g/mol. The zero-order chi connectivity index (χ0) is 15.4. The molecule has 3 N–H and O–H groups in total. The highest BCUT2D eigenvalue weighted by atomic mass is 16.2. The molecule has 1 aliphatic heterocycles. The average Bonchev–Trinajstić information content (AvgIpc) is 2.46. The van der Waals surface area contributed by atoms with Gasteiger partial charge in [0.2, 0.25) is 0 Å². The predicted molar refractivity (Wildman–Crippen MR) is 85.3 cm³/mol. The molecule has 5 heteroatoms. The van der Waals surface area contributed by atoms with E-state index in [1.807, 2.05) is 37.8 Å². The zero-order valence-corrected chi connectivity index (χ0v) is 13.2. The van der Waals surface area contributed by atoms with Gasteiger partial charge in [0.1, 0.15) is 5.82 Å². The number of piperidine rings is 1. The Hall–Kier alpha value is -1.62. The van der Waals surface area contributed by atoms with Gasteiger partial charge in [0.05, 0.1) is 5.56 Å². The van der Waals surface area contributed by atoms with Crippen LogP contribution in [0.2, 0.25) is 0 Å². The Balaban J connectivity index is 2.07. The van der Waals surface area contributed by atoms with Crippen LogP contribution in [-0.4, -0.2) is 41.0 Å². The Morgan fingerprint density at radius 1 is 1.38 bits per heavy atom. The molecule has 1 unspecified atom stereocenters. The molecule has 5 nitrogen and oxygen atoms in total. The van der Waals surface area contributed by atoms with Crippen molar-refractivity contribution in [1.29, 1.82) is 0 Å². The van der Waals surface area contributed by atoms with Crippen LogP contribution in [0, 0.1) is 5.92 Å². The second kappa shape index (κ2) is 6.89. The molecule has 0 aromatic carbocycles. The Kier molecular flexibility index (Phi) is 5.17. The summed E-state index contributed by atoms with van der Waals surface area (Å²) in [6, 6.07) is 4.11. The van der Waals surface area contributed by atoms with Gasteiger partial charge in [-0.25, -0.2) is 4.98 Å². The van der Waals surface area contributed by atoms with Gasteiger partial charge in [-0.3, -0.25) is 4.79 Å². The predicted octanol–water partition coefficient (Wildman–Crippen LogP) is 2.10. The number of rotatable bonds is 4. The van der Waals surface area contributed by atoms with E-state index in [-0.39, 0.29) is 18.0 Å². The van der Waals surface area contributed by atoms with E-state index in [0.717, 1.165) is 25.9 Å². The highest BCUT2D eigenvalue weighted by Crippen LogP contribution is 2.23. The number of nitrogens with zero attached hydrogens (tertiary/aromatic N) is 2. The number of aromatic nitrogens is 1. The summed E-state index contributed by atoms with van der Waals surface area (Å²) in [5.41, 5.74) is 6.61. The number of hydrogen-bond acceptors (Lipinski definition) is 4. The van der Waals surface area contributed by atoms with E-state index in [0.29, 0.717) is 17.3 Å². The SMILES string of the molecule is CC(C)Nc1ncccc1C(=O)N1CCC(C(C)N)CC1. The number of carbonyl (C=O) groups is 1. The molecular formula is C16H26N4O. The number of carbonyl (C=O) groups excluding carboxylic acids is 1. The molecule has 0 radical (unpaired) electrons. The first-order valence-electron chi connectivity index (χ1n) is 7.75. The van der Waals surface area contributed by atoms with Crippen molar-refractivity contribution in [2.45, 2.75) is 45.7 Å². The Labute approximate surface area is 126 Å². The van der Waals surface area contributed by atoms with E-state index in [2.05, 4.69) is 10.3 Å². The quantitative estimate of drug-likeness (QED) is 0.891. The summed E-state index contributed by atoms with van der Waals surface area (Å²) >= 11 is 0. The summed E-state index contributed by atoms with van der Waals surface area (Å²) in [6.45, 7) is 7.68. The van der Waals surface area contributed by atoms with E-state index < -0.39 is 0 Å². The average molecular weight is 290 g/mol. The molecule has 0 spiro atoms. The molecule has 2 rings (SSSR count). The van der Waals surface area contributed by atoms with Crippen LogP contribution >= 0.6 is 0 Å². The Bertz CT molecular complexity index is 479. The van der Waals surface area contributed by atoms with Gasteiger partial charge in [-0.05, 0) is 51.7 Å². The van der Waals surface area contributed by atoms with Crippen LogP contribution in [0.1, 0.15) is 44.0 Å². The lowest BCUT2D eigenvalue weighted by Gasteiger charge is -2.34. The van der Waals surface area contributed by atoms with E-state index in [4.69, 9.17) is 5.73 Å². The van der Waals surface area contributed by atoms with Gasteiger partial charge in [0.15, 0.2) is 0 Å². The molecular weight excluding hydrogens is 264 g/mol. The minimum Gasteiger partial charge on any atom is -0.367 e. The summed E-state index contributed by atoms with van der Waals surface area (Å²) in [5, 5.41) is 3.24. The summed E-state index contributed by atoms with van der Waals surface area (Å²) in [4.78, 5) is 18.9. The van der Waals surface area contributed by atoms with Gasteiger partial charge in [-0.15, -0.1) is 0 Å². The number of likely N-dealkylation sites (tertiary alicyclic amines) is 1. The van der Waals surface area contributed by atoms with Crippen molar-refractivity contribution < 1.29 is 4.79 Å². The topological polar surface area (TPSA) is 71.2 Å². The summed E-state index contributed by atoms with van der Waals surface area (Å²) < 4.78 is 0. The second-order valence-corrected chi connectivity index (χ2v) is 6.19. The molecule has 1 fully saturated rings. The number of nitrogens with one attached hydrogen (secondary N) is 1. The standard InChI is InChI=1S/C16H26N4O/c1-11(2)19-15-14(5-4-8-18-15)16(21)20-9-6-13(7-10-20)12(3)17/h4-5,8,11-13H,6-7,9-10,17H2,1-3H3,(H,18,19). The van der Waals surface area contributed by atoms with Gasteiger partial charge in [0.25, 0.3) is 5.91 Å². The van der Waals surface area contributed by atoms with Crippen molar-refractivity contribution in [3.05, 3.63) is 23.9 Å². The third-order valence-corrected chi connectivity index (χ3v) is 4.03. The smallest absolute Gasteiger partial charge is 0.257 e. The summed E-state index contributed by atoms with van der Waals surface area (Å²) in [7, 11) is 0. The van der Waals surface area contributed by atoms with Crippen molar-refractivity contribution in [2.75, 3.05) is 18.4 Å². The molecule has 21 heavy (non-hydrogen) atoms. The highest BCUT2D eigenvalue weighted by Gasteiger charge is 2.26. The van der Waals surface area contributed by atoms with Crippen LogP contribution in [-0.2, 0) is 0 Å². The maximum Gasteiger partial charge on any atom is 0.257 e. The van der Waals surface area contributed by atoms with Crippen LogP contribution in [0.3, 0.4) is 0 Å². The number of nitrogens with two attached hydrogens (primary N) is 1. The minimum absolute atomic E-state index is 0.0642. The summed E-state index contributed by atoms with van der Waals surface area (Å²) in [6.07, 6.45) is 3.68. The molecule has 1 atom stereocenters. The molecule has 0 saturated carbocycles. The van der Waals surface area contributed by atoms with Crippen LogP contribution in [0.4, 0.5) is 5.82 Å². The fourth-order valence-corrected chi connectivity index (χ4v) is 2.77. The third-order valence-electron chi connectivity index (χ3n) is 4.03. The maximum absolute atomic E-state index is 12.7. The number of hydrogen-bond donors (Lipinski definition) is 2. The normalized spacial score (nSPS) is 17.9. The van der Waals surface area contributed by atoms with Gasteiger partial charge < -0.3 is 16.0 Å². The zero-order valence-electron chi connectivity index (χ0n) is 13.2. The van der Waals surface area contributed by atoms with Crippen molar-refractivity contribution >= 4 is 11.7 Å². The van der Waals surface area contributed by atoms with E-state index in [9.17, 15) is 4.79 Å². The van der Waals surface area contributed by atoms with E-state index in [1.54, 1.807) is 6.20 Å². The van der Waals surface area contributed by atoms with Crippen molar-refractivity contribution in [1.82, 2.24) is 9.88 Å².